The summed E-state index contributed by atoms with van der Waals surface area (Å²) in [4.78, 5) is 16.5. The largest absolute Gasteiger partial charge is 0.352 e. The predicted octanol–water partition coefficient (Wildman–Crippen LogP) is 2.08. The van der Waals surface area contributed by atoms with Gasteiger partial charge in [0.2, 0.25) is 10.0 Å². The van der Waals surface area contributed by atoms with Gasteiger partial charge in [-0.2, -0.15) is 4.31 Å². The van der Waals surface area contributed by atoms with Crippen molar-refractivity contribution < 1.29 is 13.2 Å². The number of amides is 1. The molecule has 0 bridgehead atoms. The predicted molar refractivity (Wildman–Crippen MR) is 96.8 cm³/mol. The smallest absolute Gasteiger partial charge is 0.251 e. The van der Waals surface area contributed by atoms with E-state index in [1.807, 2.05) is 12.1 Å². The van der Waals surface area contributed by atoms with E-state index in [9.17, 15) is 13.2 Å². The van der Waals surface area contributed by atoms with Crippen LogP contribution in [0.5, 0.6) is 0 Å². The molecule has 0 spiro atoms. The Morgan fingerprint density at radius 3 is 2.56 bits per heavy atom. The molecule has 25 heavy (non-hydrogen) atoms. The third-order valence-electron chi connectivity index (χ3n) is 3.86. The second-order valence-electron chi connectivity index (χ2n) is 5.48. The second-order valence-corrected chi connectivity index (χ2v) is 7.42. The van der Waals surface area contributed by atoms with Crippen LogP contribution in [0.2, 0.25) is 0 Å². The number of rotatable bonds is 8. The molecule has 0 aliphatic rings. The number of sulfonamides is 1. The molecule has 2 aromatic rings. The Morgan fingerprint density at radius 1 is 1.16 bits per heavy atom. The van der Waals surface area contributed by atoms with E-state index in [1.54, 1.807) is 38.4 Å². The van der Waals surface area contributed by atoms with Crippen molar-refractivity contribution in [2.24, 2.45) is 0 Å². The molecule has 0 radical (unpaired) electrons. The Morgan fingerprint density at radius 2 is 1.92 bits per heavy atom. The fourth-order valence-electron chi connectivity index (χ4n) is 2.48. The number of carbonyl (C=O) groups excluding carboxylic acids is 1. The van der Waals surface area contributed by atoms with Crippen LogP contribution < -0.4 is 5.32 Å². The summed E-state index contributed by atoms with van der Waals surface area (Å²) in [6, 6.07) is 9.93. The minimum atomic E-state index is -3.58. The highest BCUT2D eigenvalue weighted by atomic mass is 32.2. The summed E-state index contributed by atoms with van der Waals surface area (Å²) in [7, 11) is -3.58. The van der Waals surface area contributed by atoms with E-state index in [2.05, 4.69) is 10.3 Å². The molecule has 1 aromatic heterocycles. The molecule has 0 atom stereocenters. The van der Waals surface area contributed by atoms with Crippen molar-refractivity contribution in [3.05, 3.63) is 59.9 Å². The van der Waals surface area contributed by atoms with E-state index < -0.39 is 10.0 Å². The van der Waals surface area contributed by atoms with Crippen LogP contribution in [0, 0.1) is 0 Å². The minimum Gasteiger partial charge on any atom is -0.352 e. The van der Waals surface area contributed by atoms with Crippen molar-refractivity contribution in [2.75, 3.05) is 19.6 Å². The van der Waals surface area contributed by atoms with Gasteiger partial charge in [-0.15, -0.1) is 0 Å². The van der Waals surface area contributed by atoms with E-state index >= 15 is 0 Å². The first-order valence-electron chi connectivity index (χ1n) is 8.26. The number of hydrogen-bond acceptors (Lipinski definition) is 4. The maximum atomic E-state index is 12.6. The van der Waals surface area contributed by atoms with Crippen LogP contribution in [-0.4, -0.2) is 43.2 Å². The first kappa shape index (κ1) is 19.1. The molecule has 0 saturated carbocycles. The quantitative estimate of drug-likeness (QED) is 0.781. The maximum absolute atomic E-state index is 12.6. The standard InChI is InChI=1S/C18H23N3O3S/c1-3-21(4-2)25(23,24)17-9-5-8-16(13-17)18(22)20-12-10-15-7-6-11-19-14-15/h5-9,11,13-14H,3-4,10,12H2,1-2H3,(H,20,22). The lowest BCUT2D eigenvalue weighted by atomic mass is 10.2. The van der Waals surface area contributed by atoms with Gasteiger partial charge in [0.05, 0.1) is 4.90 Å². The van der Waals surface area contributed by atoms with E-state index in [-0.39, 0.29) is 10.8 Å². The molecule has 0 fully saturated rings. The summed E-state index contributed by atoms with van der Waals surface area (Å²) in [6.07, 6.45) is 4.12. The number of nitrogens with zero attached hydrogens (tertiary/aromatic N) is 2. The Hall–Kier alpha value is -2.25. The topological polar surface area (TPSA) is 79.4 Å². The summed E-state index contributed by atoms with van der Waals surface area (Å²) in [5.41, 5.74) is 1.36. The van der Waals surface area contributed by atoms with Gasteiger partial charge in [-0.05, 0) is 36.2 Å². The van der Waals surface area contributed by atoms with E-state index in [1.165, 1.54) is 16.4 Å². The average Bonchev–Trinajstić information content (AvgIpc) is 2.63. The molecule has 134 valence electrons. The van der Waals surface area contributed by atoms with Gasteiger partial charge in [-0.25, -0.2) is 8.42 Å². The van der Waals surface area contributed by atoms with Crippen molar-refractivity contribution in [1.29, 1.82) is 0 Å². The molecule has 1 aromatic carbocycles. The van der Waals surface area contributed by atoms with Crippen molar-refractivity contribution in [1.82, 2.24) is 14.6 Å². The molecule has 1 heterocycles. The van der Waals surface area contributed by atoms with Gasteiger partial charge in [0.25, 0.3) is 5.91 Å². The second kappa shape index (κ2) is 8.73. The normalized spacial score (nSPS) is 11.5. The highest BCUT2D eigenvalue weighted by Gasteiger charge is 2.22. The zero-order valence-corrected chi connectivity index (χ0v) is 15.3. The Balaban J connectivity index is 2.06. The van der Waals surface area contributed by atoms with Gasteiger partial charge in [-0.3, -0.25) is 9.78 Å². The number of benzene rings is 1. The zero-order valence-electron chi connectivity index (χ0n) is 14.5. The number of carbonyl (C=O) groups is 1. The van der Waals surface area contributed by atoms with Crippen LogP contribution >= 0.6 is 0 Å². The molecular formula is C18H23N3O3S. The van der Waals surface area contributed by atoms with Gasteiger partial charge in [0.1, 0.15) is 0 Å². The van der Waals surface area contributed by atoms with E-state index in [4.69, 9.17) is 0 Å². The first-order chi connectivity index (χ1) is 12.0. The molecule has 0 saturated heterocycles. The van der Waals surface area contributed by atoms with Crippen molar-refractivity contribution >= 4 is 15.9 Å². The molecule has 0 unspecified atom stereocenters. The van der Waals surface area contributed by atoms with Crippen LogP contribution in [0.15, 0.2) is 53.7 Å². The Bertz CT molecular complexity index is 803. The van der Waals surface area contributed by atoms with Crippen LogP contribution in [0.3, 0.4) is 0 Å². The Labute approximate surface area is 148 Å². The lowest BCUT2D eigenvalue weighted by Gasteiger charge is -2.18. The monoisotopic (exact) mass is 361 g/mol. The molecule has 1 amide bonds. The lowest BCUT2D eigenvalue weighted by molar-refractivity contribution is 0.0954. The fraction of sp³-hybridized carbons (Fsp3) is 0.333. The summed E-state index contributed by atoms with van der Waals surface area (Å²) in [5.74, 6) is -0.291. The molecule has 0 aliphatic heterocycles. The third kappa shape index (κ3) is 4.87. The van der Waals surface area contributed by atoms with Gasteiger partial charge < -0.3 is 5.32 Å². The summed E-state index contributed by atoms with van der Waals surface area (Å²) in [6.45, 7) is 4.81. The summed E-state index contributed by atoms with van der Waals surface area (Å²) >= 11 is 0. The molecule has 6 nitrogen and oxygen atoms in total. The van der Waals surface area contributed by atoms with Crippen LogP contribution in [0.1, 0.15) is 29.8 Å². The van der Waals surface area contributed by atoms with Crippen LogP contribution in [-0.2, 0) is 16.4 Å². The SMILES string of the molecule is CCN(CC)S(=O)(=O)c1cccc(C(=O)NCCc2cccnc2)c1. The molecule has 2 rings (SSSR count). The number of nitrogens with one attached hydrogen (secondary N) is 1. The van der Waals surface area contributed by atoms with Crippen LogP contribution in [0.25, 0.3) is 0 Å². The molecular weight excluding hydrogens is 338 g/mol. The minimum absolute atomic E-state index is 0.135. The average molecular weight is 361 g/mol. The maximum Gasteiger partial charge on any atom is 0.251 e. The van der Waals surface area contributed by atoms with E-state index in [0.29, 0.717) is 31.6 Å². The Kier molecular flexibility index (Phi) is 6.66. The summed E-state index contributed by atoms with van der Waals surface area (Å²) in [5, 5.41) is 2.81. The van der Waals surface area contributed by atoms with E-state index in [0.717, 1.165) is 5.56 Å². The lowest BCUT2D eigenvalue weighted by Crippen LogP contribution is -2.31. The first-order valence-corrected chi connectivity index (χ1v) is 9.70. The molecule has 0 aliphatic carbocycles. The number of aromatic nitrogens is 1. The molecule has 1 N–H and O–H groups in total. The van der Waals surface area contributed by atoms with Crippen molar-refractivity contribution in [3.63, 3.8) is 0 Å². The zero-order chi connectivity index (χ0) is 18.3. The number of pyridine rings is 1. The summed E-state index contributed by atoms with van der Waals surface area (Å²) < 4.78 is 26.5. The number of hydrogen-bond donors (Lipinski definition) is 1. The van der Waals surface area contributed by atoms with Gasteiger partial charge in [0, 0.05) is 37.6 Å². The van der Waals surface area contributed by atoms with Gasteiger partial charge in [0.15, 0.2) is 0 Å². The third-order valence-corrected chi connectivity index (χ3v) is 5.91. The highest BCUT2D eigenvalue weighted by molar-refractivity contribution is 7.89. The van der Waals surface area contributed by atoms with Crippen molar-refractivity contribution in [3.8, 4) is 0 Å². The van der Waals surface area contributed by atoms with Crippen molar-refractivity contribution in [2.45, 2.75) is 25.2 Å². The van der Waals surface area contributed by atoms with Gasteiger partial charge >= 0.3 is 0 Å². The fourth-order valence-corrected chi connectivity index (χ4v) is 3.98. The highest BCUT2D eigenvalue weighted by Crippen LogP contribution is 2.17. The molecule has 7 heteroatoms. The van der Waals surface area contributed by atoms with Gasteiger partial charge in [-0.1, -0.05) is 26.0 Å². The van der Waals surface area contributed by atoms with Crippen LogP contribution in [0.4, 0.5) is 0 Å².